The Morgan fingerprint density at radius 2 is 2.05 bits per heavy atom. The van der Waals surface area contributed by atoms with Crippen molar-refractivity contribution in [1.82, 2.24) is 4.72 Å². The van der Waals surface area contributed by atoms with Crippen LogP contribution in [-0.2, 0) is 16.6 Å². The fourth-order valence-corrected chi connectivity index (χ4v) is 3.93. The number of hydrogen-bond acceptors (Lipinski definition) is 3. The number of benzene rings is 1. The molecule has 0 unspecified atom stereocenters. The zero-order valence-electron chi connectivity index (χ0n) is 10.8. The molecule has 0 amide bonds. The minimum absolute atomic E-state index is 0.143. The van der Waals surface area contributed by atoms with Gasteiger partial charge in [0.2, 0.25) is 10.0 Å². The second-order valence-corrected chi connectivity index (χ2v) is 7.53. The maximum absolute atomic E-state index is 12.2. The maximum Gasteiger partial charge on any atom is 0.240 e. The highest BCUT2D eigenvalue weighted by Gasteiger charge is 2.53. The molecule has 2 aliphatic rings. The van der Waals surface area contributed by atoms with Crippen LogP contribution in [-0.4, -0.2) is 20.1 Å². The van der Waals surface area contributed by atoms with Crippen LogP contribution in [0.3, 0.4) is 0 Å². The number of rotatable bonds is 6. The lowest BCUT2D eigenvalue weighted by molar-refractivity contribution is 0.281. The van der Waals surface area contributed by atoms with Crippen LogP contribution in [0.4, 0.5) is 0 Å². The van der Waals surface area contributed by atoms with Crippen LogP contribution in [0.25, 0.3) is 0 Å². The molecule has 104 valence electrons. The van der Waals surface area contributed by atoms with Crippen LogP contribution >= 0.6 is 0 Å². The van der Waals surface area contributed by atoms with E-state index >= 15 is 0 Å². The van der Waals surface area contributed by atoms with Gasteiger partial charge in [-0.15, -0.1) is 0 Å². The van der Waals surface area contributed by atoms with Gasteiger partial charge in [-0.2, -0.15) is 0 Å². The molecule has 2 fully saturated rings. The van der Waals surface area contributed by atoms with E-state index < -0.39 is 10.0 Å². The first-order valence-electron chi connectivity index (χ1n) is 6.75. The van der Waals surface area contributed by atoms with Crippen molar-refractivity contribution in [2.45, 2.75) is 37.2 Å². The van der Waals surface area contributed by atoms with Gasteiger partial charge in [-0.1, -0.05) is 12.1 Å². The number of aliphatic hydroxyl groups is 1. The Balaban J connectivity index is 1.71. The minimum Gasteiger partial charge on any atom is -0.392 e. The van der Waals surface area contributed by atoms with Crippen LogP contribution in [0.15, 0.2) is 29.2 Å². The highest BCUT2D eigenvalue weighted by molar-refractivity contribution is 7.89. The molecule has 19 heavy (non-hydrogen) atoms. The summed E-state index contributed by atoms with van der Waals surface area (Å²) in [5.41, 5.74) is 0.869. The van der Waals surface area contributed by atoms with Gasteiger partial charge >= 0.3 is 0 Å². The number of aliphatic hydroxyl groups excluding tert-OH is 1. The van der Waals surface area contributed by atoms with Gasteiger partial charge in [-0.05, 0) is 54.7 Å². The lowest BCUT2D eigenvalue weighted by Crippen LogP contribution is -2.31. The van der Waals surface area contributed by atoms with Gasteiger partial charge < -0.3 is 5.11 Å². The van der Waals surface area contributed by atoms with Crippen LogP contribution in [0, 0.1) is 11.3 Å². The Kier molecular flexibility index (Phi) is 3.15. The summed E-state index contributed by atoms with van der Waals surface area (Å²) in [4.78, 5) is 0.241. The average Bonchev–Trinajstić information content (AvgIpc) is 3.29. The molecule has 0 atom stereocenters. The van der Waals surface area contributed by atoms with Gasteiger partial charge in [0, 0.05) is 6.54 Å². The normalized spacial score (nSPS) is 21.3. The molecule has 2 saturated carbocycles. The SMILES string of the molecule is O=S(=O)(NCC1(C2CC2)CC1)c1cccc(CO)c1. The van der Waals surface area contributed by atoms with Gasteiger partial charge in [0.25, 0.3) is 0 Å². The van der Waals surface area contributed by atoms with Crippen molar-refractivity contribution in [2.24, 2.45) is 11.3 Å². The predicted molar refractivity (Wildman–Crippen MR) is 71.9 cm³/mol. The zero-order chi connectivity index (χ0) is 13.5. The first kappa shape index (κ1) is 13.1. The van der Waals surface area contributed by atoms with Crippen LogP contribution in [0.1, 0.15) is 31.2 Å². The van der Waals surface area contributed by atoms with E-state index in [-0.39, 0.29) is 16.9 Å². The summed E-state index contributed by atoms with van der Waals surface area (Å²) in [6.07, 6.45) is 4.80. The first-order valence-corrected chi connectivity index (χ1v) is 8.24. The van der Waals surface area contributed by atoms with E-state index in [1.807, 2.05) is 0 Å². The standard InChI is InChI=1S/C14H19NO3S/c16-9-11-2-1-3-13(8-11)19(17,18)15-10-14(6-7-14)12-4-5-12/h1-3,8,12,15-16H,4-7,9-10H2. The summed E-state index contributed by atoms with van der Waals surface area (Å²) < 4.78 is 27.2. The highest BCUT2D eigenvalue weighted by atomic mass is 32.2. The van der Waals surface area contributed by atoms with Gasteiger partial charge in [-0.3, -0.25) is 0 Å². The van der Waals surface area contributed by atoms with Crippen molar-refractivity contribution in [3.8, 4) is 0 Å². The third kappa shape index (κ3) is 2.68. The summed E-state index contributed by atoms with van der Waals surface area (Å²) in [5, 5.41) is 9.06. The quantitative estimate of drug-likeness (QED) is 0.833. The van der Waals surface area contributed by atoms with Crippen molar-refractivity contribution in [2.75, 3.05) is 6.54 Å². The monoisotopic (exact) mass is 281 g/mol. The molecule has 1 aromatic rings. The molecule has 1 aromatic carbocycles. The topological polar surface area (TPSA) is 66.4 Å². The fourth-order valence-electron chi connectivity index (χ4n) is 2.72. The highest BCUT2D eigenvalue weighted by Crippen LogP contribution is 2.60. The molecule has 0 aromatic heterocycles. The molecule has 0 aliphatic heterocycles. The van der Waals surface area contributed by atoms with E-state index in [1.165, 1.54) is 18.9 Å². The summed E-state index contributed by atoms with van der Waals surface area (Å²) in [7, 11) is -3.45. The van der Waals surface area contributed by atoms with Crippen LogP contribution < -0.4 is 4.72 Å². The molecular weight excluding hydrogens is 262 g/mol. The predicted octanol–water partition coefficient (Wildman–Crippen LogP) is 1.65. The van der Waals surface area contributed by atoms with E-state index in [2.05, 4.69) is 4.72 Å². The van der Waals surface area contributed by atoms with E-state index in [1.54, 1.807) is 18.2 Å². The molecule has 4 nitrogen and oxygen atoms in total. The van der Waals surface area contributed by atoms with E-state index in [9.17, 15) is 8.42 Å². The van der Waals surface area contributed by atoms with Crippen molar-refractivity contribution >= 4 is 10.0 Å². The number of nitrogens with one attached hydrogen (secondary N) is 1. The zero-order valence-corrected chi connectivity index (χ0v) is 11.6. The van der Waals surface area contributed by atoms with E-state index in [4.69, 9.17) is 5.11 Å². The third-order valence-electron chi connectivity index (χ3n) is 4.34. The maximum atomic E-state index is 12.2. The summed E-state index contributed by atoms with van der Waals surface area (Å²) in [6, 6.07) is 6.47. The Morgan fingerprint density at radius 1 is 1.32 bits per heavy atom. The van der Waals surface area contributed by atoms with Crippen molar-refractivity contribution < 1.29 is 13.5 Å². The second-order valence-electron chi connectivity index (χ2n) is 5.77. The molecule has 2 N–H and O–H groups in total. The van der Waals surface area contributed by atoms with Crippen LogP contribution in [0.2, 0.25) is 0 Å². The van der Waals surface area contributed by atoms with Gasteiger partial charge in [0.05, 0.1) is 11.5 Å². The Morgan fingerprint density at radius 3 is 2.63 bits per heavy atom. The third-order valence-corrected chi connectivity index (χ3v) is 5.74. The Hall–Kier alpha value is -0.910. The molecule has 3 rings (SSSR count). The lowest BCUT2D eigenvalue weighted by atomic mass is 10.0. The second kappa shape index (κ2) is 4.58. The minimum atomic E-state index is -3.45. The Bertz CT molecular complexity index is 574. The van der Waals surface area contributed by atoms with Crippen molar-refractivity contribution in [3.05, 3.63) is 29.8 Å². The van der Waals surface area contributed by atoms with E-state index in [0.717, 1.165) is 18.8 Å². The van der Waals surface area contributed by atoms with Gasteiger partial charge in [0.1, 0.15) is 0 Å². The molecule has 5 heteroatoms. The molecular formula is C14H19NO3S. The largest absolute Gasteiger partial charge is 0.392 e. The fraction of sp³-hybridized carbons (Fsp3) is 0.571. The average molecular weight is 281 g/mol. The van der Waals surface area contributed by atoms with Gasteiger partial charge in [0.15, 0.2) is 0 Å². The summed E-state index contributed by atoms with van der Waals surface area (Å²) in [5.74, 6) is 0.735. The molecule has 0 saturated heterocycles. The smallest absolute Gasteiger partial charge is 0.240 e. The molecule has 0 bridgehead atoms. The lowest BCUT2D eigenvalue weighted by Gasteiger charge is -2.15. The number of hydrogen-bond donors (Lipinski definition) is 2. The molecule has 0 radical (unpaired) electrons. The summed E-state index contributed by atoms with van der Waals surface area (Å²) >= 11 is 0. The Labute approximate surface area is 113 Å². The number of sulfonamides is 1. The van der Waals surface area contributed by atoms with E-state index in [0.29, 0.717) is 12.1 Å². The summed E-state index contributed by atoms with van der Waals surface area (Å²) in [6.45, 7) is 0.415. The van der Waals surface area contributed by atoms with Crippen molar-refractivity contribution in [1.29, 1.82) is 0 Å². The molecule has 0 heterocycles. The van der Waals surface area contributed by atoms with Crippen LogP contribution in [0.5, 0.6) is 0 Å². The van der Waals surface area contributed by atoms with Gasteiger partial charge in [-0.25, -0.2) is 13.1 Å². The molecule has 0 spiro atoms. The van der Waals surface area contributed by atoms with Crippen molar-refractivity contribution in [3.63, 3.8) is 0 Å². The first-order chi connectivity index (χ1) is 9.06. The molecule has 2 aliphatic carbocycles.